The summed E-state index contributed by atoms with van der Waals surface area (Å²) in [5.74, 6) is 0.574. The third-order valence-electron chi connectivity index (χ3n) is 3.80. The maximum Gasteiger partial charge on any atom is 0.247 e. The Morgan fingerprint density at radius 2 is 1.64 bits per heavy atom. The Bertz CT molecular complexity index is 993. The van der Waals surface area contributed by atoms with E-state index in [0.717, 1.165) is 16.7 Å². The van der Waals surface area contributed by atoms with Crippen molar-refractivity contribution >= 4 is 10.0 Å². The molecule has 0 aliphatic rings. The number of aromatic nitrogens is 2. The SMILES string of the molecule is Cc1ccc(-c2nnc(CNS(=O)(=O)c3ccc(C)cc3C)o2)cc1. The molecule has 0 amide bonds. The van der Waals surface area contributed by atoms with E-state index in [9.17, 15) is 8.42 Å². The molecule has 0 atom stereocenters. The van der Waals surface area contributed by atoms with Gasteiger partial charge in [-0.25, -0.2) is 13.1 Å². The quantitative estimate of drug-likeness (QED) is 0.758. The van der Waals surface area contributed by atoms with Crippen LogP contribution >= 0.6 is 0 Å². The molecule has 0 aliphatic heterocycles. The number of rotatable bonds is 5. The molecule has 7 heteroatoms. The van der Waals surface area contributed by atoms with Crippen molar-refractivity contribution in [2.75, 3.05) is 0 Å². The van der Waals surface area contributed by atoms with Crippen molar-refractivity contribution < 1.29 is 12.8 Å². The van der Waals surface area contributed by atoms with E-state index in [1.54, 1.807) is 19.1 Å². The molecule has 1 aromatic heterocycles. The summed E-state index contributed by atoms with van der Waals surface area (Å²) >= 11 is 0. The fourth-order valence-corrected chi connectivity index (χ4v) is 3.67. The van der Waals surface area contributed by atoms with E-state index in [1.807, 2.05) is 44.2 Å². The third kappa shape index (κ3) is 3.94. The highest BCUT2D eigenvalue weighted by molar-refractivity contribution is 7.89. The zero-order chi connectivity index (χ0) is 18.0. The predicted molar refractivity (Wildman–Crippen MR) is 94.4 cm³/mol. The Hall–Kier alpha value is -2.51. The van der Waals surface area contributed by atoms with Gasteiger partial charge in [-0.1, -0.05) is 35.4 Å². The van der Waals surface area contributed by atoms with Crippen LogP contribution in [0.5, 0.6) is 0 Å². The van der Waals surface area contributed by atoms with Crippen LogP contribution in [0, 0.1) is 20.8 Å². The van der Waals surface area contributed by atoms with Gasteiger partial charge in [-0.15, -0.1) is 10.2 Å². The van der Waals surface area contributed by atoms with Gasteiger partial charge in [0.25, 0.3) is 0 Å². The van der Waals surface area contributed by atoms with Gasteiger partial charge in [0.2, 0.25) is 21.8 Å². The lowest BCUT2D eigenvalue weighted by Crippen LogP contribution is -2.24. The average molecular weight is 357 g/mol. The standard InChI is InChI=1S/C18H19N3O3S/c1-12-4-7-15(8-5-12)18-21-20-17(24-18)11-19-25(22,23)16-9-6-13(2)10-14(16)3/h4-10,19H,11H2,1-3H3. The van der Waals surface area contributed by atoms with Crippen molar-refractivity contribution in [1.29, 1.82) is 0 Å². The number of aryl methyl sites for hydroxylation is 3. The Balaban J connectivity index is 1.74. The Kier molecular flexibility index (Phi) is 4.69. The first-order valence-electron chi connectivity index (χ1n) is 7.81. The molecule has 0 saturated carbocycles. The van der Waals surface area contributed by atoms with Crippen molar-refractivity contribution in [3.63, 3.8) is 0 Å². The molecule has 0 aliphatic carbocycles. The predicted octanol–water partition coefficient (Wildman–Crippen LogP) is 3.14. The summed E-state index contributed by atoms with van der Waals surface area (Å²) in [6.07, 6.45) is 0. The summed E-state index contributed by atoms with van der Waals surface area (Å²) in [5.41, 5.74) is 3.63. The summed E-state index contributed by atoms with van der Waals surface area (Å²) < 4.78 is 32.9. The second-order valence-electron chi connectivity index (χ2n) is 5.96. The molecule has 0 unspecified atom stereocenters. The van der Waals surface area contributed by atoms with Crippen molar-refractivity contribution in [3.05, 3.63) is 65.0 Å². The van der Waals surface area contributed by atoms with E-state index in [2.05, 4.69) is 14.9 Å². The van der Waals surface area contributed by atoms with Gasteiger partial charge in [0.1, 0.15) is 0 Å². The molecule has 0 saturated heterocycles. The first-order chi connectivity index (χ1) is 11.8. The highest BCUT2D eigenvalue weighted by Crippen LogP contribution is 2.19. The first-order valence-corrected chi connectivity index (χ1v) is 9.30. The minimum atomic E-state index is -3.64. The highest BCUT2D eigenvalue weighted by Gasteiger charge is 2.18. The maximum absolute atomic E-state index is 12.5. The molecule has 1 heterocycles. The molecule has 130 valence electrons. The summed E-state index contributed by atoms with van der Waals surface area (Å²) in [5, 5.41) is 7.87. The second kappa shape index (κ2) is 6.78. The van der Waals surface area contributed by atoms with E-state index < -0.39 is 10.0 Å². The van der Waals surface area contributed by atoms with Gasteiger partial charge in [-0.05, 0) is 44.5 Å². The second-order valence-corrected chi connectivity index (χ2v) is 7.70. The van der Waals surface area contributed by atoms with Gasteiger partial charge in [-0.2, -0.15) is 0 Å². The molecule has 0 spiro atoms. The van der Waals surface area contributed by atoms with Crippen LogP contribution in [0.3, 0.4) is 0 Å². The Morgan fingerprint density at radius 3 is 2.32 bits per heavy atom. The zero-order valence-electron chi connectivity index (χ0n) is 14.3. The molecule has 2 aromatic carbocycles. The van der Waals surface area contributed by atoms with Crippen LogP contribution in [0.15, 0.2) is 51.8 Å². The van der Waals surface area contributed by atoms with E-state index in [0.29, 0.717) is 11.5 Å². The van der Waals surface area contributed by atoms with Crippen molar-refractivity contribution in [3.8, 4) is 11.5 Å². The van der Waals surface area contributed by atoms with Gasteiger partial charge in [0.15, 0.2) is 0 Å². The molecule has 3 aromatic rings. The summed E-state index contributed by atoms with van der Waals surface area (Å²) in [7, 11) is -3.64. The number of sulfonamides is 1. The normalized spacial score (nSPS) is 11.6. The highest BCUT2D eigenvalue weighted by atomic mass is 32.2. The van der Waals surface area contributed by atoms with Crippen molar-refractivity contribution in [1.82, 2.24) is 14.9 Å². The lowest BCUT2D eigenvalue weighted by molar-refractivity contribution is 0.494. The van der Waals surface area contributed by atoms with Crippen LogP contribution < -0.4 is 4.72 Å². The molecule has 0 fully saturated rings. The van der Waals surface area contributed by atoms with Crippen LogP contribution in [0.2, 0.25) is 0 Å². The number of benzene rings is 2. The largest absolute Gasteiger partial charge is 0.419 e. The van der Waals surface area contributed by atoms with Crippen molar-refractivity contribution in [2.24, 2.45) is 0 Å². The van der Waals surface area contributed by atoms with E-state index in [1.165, 1.54) is 0 Å². The summed E-state index contributed by atoms with van der Waals surface area (Å²) in [6.45, 7) is 5.62. The zero-order valence-corrected chi connectivity index (χ0v) is 15.1. The summed E-state index contributed by atoms with van der Waals surface area (Å²) in [6, 6.07) is 12.8. The Morgan fingerprint density at radius 1 is 0.960 bits per heavy atom. The Labute approximate surface area is 147 Å². The number of hydrogen-bond donors (Lipinski definition) is 1. The van der Waals surface area contributed by atoms with Gasteiger partial charge < -0.3 is 4.42 Å². The third-order valence-corrected chi connectivity index (χ3v) is 5.36. The maximum atomic E-state index is 12.5. The molecular weight excluding hydrogens is 338 g/mol. The van der Waals surface area contributed by atoms with Crippen LogP contribution in [0.4, 0.5) is 0 Å². The van der Waals surface area contributed by atoms with Gasteiger partial charge >= 0.3 is 0 Å². The van der Waals surface area contributed by atoms with E-state index in [4.69, 9.17) is 4.42 Å². The van der Waals surface area contributed by atoms with Gasteiger partial charge in [0.05, 0.1) is 11.4 Å². The van der Waals surface area contributed by atoms with Crippen LogP contribution in [0.1, 0.15) is 22.6 Å². The topological polar surface area (TPSA) is 85.1 Å². The molecule has 25 heavy (non-hydrogen) atoms. The number of nitrogens with one attached hydrogen (secondary N) is 1. The fourth-order valence-electron chi connectivity index (χ4n) is 2.47. The molecular formula is C18H19N3O3S. The molecule has 1 N–H and O–H groups in total. The van der Waals surface area contributed by atoms with E-state index >= 15 is 0 Å². The lowest BCUT2D eigenvalue weighted by Gasteiger charge is -2.08. The lowest BCUT2D eigenvalue weighted by atomic mass is 10.1. The number of nitrogens with zero attached hydrogens (tertiary/aromatic N) is 2. The molecule has 0 bridgehead atoms. The van der Waals surface area contributed by atoms with Crippen molar-refractivity contribution in [2.45, 2.75) is 32.2 Å². The fraction of sp³-hybridized carbons (Fsp3) is 0.222. The minimum Gasteiger partial charge on any atom is -0.419 e. The molecule has 3 rings (SSSR count). The van der Waals surface area contributed by atoms with Gasteiger partial charge in [0, 0.05) is 5.56 Å². The van der Waals surface area contributed by atoms with Crippen LogP contribution in [-0.4, -0.2) is 18.6 Å². The van der Waals surface area contributed by atoms with Crippen LogP contribution in [-0.2, 0) is 16.6 Å². The number of hydrogen-bond acceptors (Lipinski definition) is 5. The monoisotopic (exact) mass is 357 g/mol. The van der Waals surface area contributed by atoms with Gasteiger partial charge in [-0.3, -0.25) is 0 Å². The van der Waals surface area contributed by atoms with Crippen LogP contribution in [0.25, 0.3) is 11.5 Å². The summed E-state index contributed by atoms with van der Waals surface area (Å²) in [4.78, 5) is 0.247. The van der Waals surface area contributed by atoms with E-state index in [-0.39, 0.29) is 17.3 Å². The molecule has 0 radical (unpaired) electrons. The minimum absolute atomic E-state index is 0.0610. The smallest absolute Gasteiger partial charge is 0.247 e. The first kappa shape index (κ1) is 17.3. The molecule has 6 nitrogen and oxygen atoms in total. The average Bonchev–Trinajstić information content (AvgIpc) is 3.02.